The minimum Gasteiger partial charge on any atom is -0.507 e. The van der Waals surface area contributed by atoms with E-state index in [-0.39, 0.29) is 11.7 Å². The summed E-state index contributed by atoms with van der Waals surface area (Å²) in [5, 5.41) is 18.4. The topological polar surface area (TPSA) is 109 Å². The van der Waals surface area contributed by atoms with Crippen LogP contribution in [0.25, 0.3) is 11.3 Å². The molecular formula is C22H26N4O3S. The number of phenolic OH excluding ortho intramolecular Hbond substituents is 1. The molecule has 0 bridgehead atoms. The molecule has 2 heterocycles. The number of hydrogen-bond acceptors (Lipinski definition) is 6. The number of piperidine rings is 1. The van der Waals surface area contributed by atoms with Gasteiger partial charge in [-0.1, -0.05) is 36.4 Å². The maximum Gasteiger partial charge on any atom is 0.223 e. The molecule has 8 heteroatoms. The van der Waals surface area contributed by atoms with Gasteiger partial charge < -0.3 is 10.8 Å². The van der Waals surface area contributed by atoms with Crippen molar-refractivity contribution < 1.29 is 13.5 Å². The summed E-state index contributed by atoms with van der Waals surface area (Å²) in [4.78, 5) is 0. The van der Waals surface area contributed by atoms with Gasteiger partial charge in [0.05, 0.1) is 5.69 Å². The van der Waals surface area contributed by atoms with Gasteiger partial charge in [-0.25, -0.2) is 12.7 Å². The van der Waals surface area contributed by atoms with E-state index < -0.39 is 14.8 Å². The highest BCUT2D eigenvalue weighted by Crippen LogP contribution is 2.37. The molecule has 1 aliphatic heterocycles. The van der Waals surface area contributed by atoms with Crippen molar-refractivity contribution in [3.05, 3.63) is 60.2 Å². The molecule has 0 radical (unpaired) electrons. The summed E-state index contributed by atoms with van der Waals surface area (Å²) >= 11 is 0. The third-order valence-electron chi connectivity index (χ3n) is 6.08. The average Bonchev–Trinajstić information content (AvgIpc) is 2.75. The van der Waals surface area contributed by atoms with Crippen LogP contribution >= 0.6 is 0 Å². The Morgan fingerprint density at radius 1 is 1.17 bits per heavy atom. The summed E-state index contributed by atoms with van der Waals surface area (Å²) in [7, 11) is -3.45. The number of phenols is 1. The highest BCUT2D eigenvalue weighted by molar-refractivity contribution is 7.90. The van der Waals surface area contributed by atoms with Crippen molar-refractivity contribution in [3.63, 3.8) is 0 Å². The van der Waals surface area contributed by atoms with Crippen LogP contribution in [-0.2, 0) is 10.0 Å². The first-order valence-corrected chi connectivity index (χ1v) is 11.5. The molecule has 2 aromatic rings. The zero-order valence-corrected chi connectivity index (χ0v) is 17.7. The van der Waals surface area contributed by atoms with Crippen molar-refractivity contribution in [1.29, 1.82) is 0 Å². The molecule has 1 unspecified atom stereocenters. The summed E-state index contributed by atoms with van der Waals surface area (Å²) in [5.41, 5.74) is 8.11. The van der Waals surface area contributed by atoms with Crippen molar-refractivity contribution in [3.8, 4) is 17.0 Å². The van der Waals surface area contributed by atoms with Crippen LogP contribution in [0.5, 0.6) is 5.75 Å². The number of aromatic hydroxyl groups is 1. The van der Waals surface area contributed by atoms with Gasteiger partial charge in [-0.15, -0.1) is 10.2 Å². The number of nitrogens with two attached hydrogens (primary N) is 1. The van der Waals surface area contributed by atoms with E-state index >= 15 is 0 Å². The molecule has 7 nitrogen and oxygen atoms in total. The van der Waals surface area contributed by atoms with Crippen LogP contribution in [-0.4, -0.2) is 45.9 Å². The van der Waals surface area contributed by atoms with E-state index in [1.54, 1.807) is 41.6 Å². The molecule has 0 amide bonds. The Hall–Kier alpha value is -2.71. The Labute approximate surface area is 177 Å². The fraction of sp³-hybridized carbons (Fsp3) is 0.364. The molecule has 1 fully saturated rings. The quantitative estimate of drug-likeness (QED) is 0.777. The van der Waals surface area contributed by atoms with E-state index in [0.29, 0.717) is 49.4 Å². The number of allylic oxidation sites excluding steroid dienone is 3. The summed E-state index contributed by atoms with van der Waals surface area (Å²) < 4.78 is 27.1. The lowest BCUT2D eigenvalue weighted by Crippen LogP contribution is -2.48. The third kappa shape index (κ3) is 3.61. The van der Waals surface area contributed by atoms with Crippen molar-refractivity contribution >= 4 is 15.8 Å². The Balaban J connectivity index is 1.53. The van der Waals surface area contributed by atoms with Gasteiger partial charge in [0.25, 0.3) is 0 Å². The first kappa shape index (κ1) is 20.6. The smallest absolute Gasteiger partial charge is 0.223 e. The zero-order valence-electron chi connectivity index (χ0n) is 16.9. The number of hydrogen-bond donors (Lipinski definition) is 2. The minimum absolute atomic E-state index is 0.0890. The third-order valence-corrected chi connectivity index (χ3v) is 8.60. The highest BCUT2D eigenvalue weighted by atomic mass is 32.2. The van der Waals surface area contributed by atoms with E-state index in [1.807, 2.05) is 24.3 Å². The number of nitrogen functional groups attached to an aromatic ring is 1. The molecule has 4 rings (SSSR count). The Bertz CT molecular complexity index is 1110. The van der Waals surface area contributed by atoms with Crippen LogP contribution in [0.3, 0.4) is 0 Å². The number of benzene rings is 1. The number of sulfonamides is 1. The van der Waals surface area contributed by atoms with E-state index in [1.165, 1.54) is 0 Å². The summed E-state index contributed by atoms with van der Waals surface area (Å²) in [6.45, 7) is 2.65. The monoisotopic (exact) mass is 426 g/mol. The van der Waals surface area contributed by atoms with Gasteiger partial charge in [-0.3, -0.25) is 0 Å². The molecule has 1 aromatic heterocycles. The predicted octanol–water partition coefficient (Wildman–Crippen LogP) is 3.22. The molecule has 2 aliphatic rings. The SMILES string of the molecule is CC1(S(=O)(=O)N2CCC(c3cc(-c4ccccc4O)nnc3N)CC2)C=CC=CC1. The van der Waals surface area contributed by atoms with Crippen molar-refractivity contribution in [2.75, 3.05) is 18.8 Å². The number of aromatic nitrogens is 2. The maximum atomic E-state index is 13.2. The van der Waals surface area contributed by atoms with E-state index in [4.69, 9.17) is 5.73 Å². The lowest BCUT2D eigenvalue weighted by Gasteiger charge is -2.37. The van der Waals surface area contributed by atoms with Crippen molar-refractivity contribution in [2.45, 2.75) is 36.9 Å². The van der Waals surface area contributed by atoms with E-state index in [0.717, 1.165) is 5.56 Å². The maximum absolute atomic E-state index is 13.2. The Kier molecular flexibility index (Phi) is 5.38. The lowest BCUT2D eigenvalue weighted by atomic mass is 9.90. The van der Waals surface area contributed by atoms with Gasteiger partial charge in [0.1, 0.15) is 16.3 Å². The lowest BCUT2D eigenvalue weighted by molar-refractivity contribution is 0.312. The van der Waals surface area contributed by atoms with Crippen LogP contribution in [0.15, 0.2) is 54.6 Å². The first-order valence-electron chi connectivity index (χ1n) is 10.1. The van der Waals surface area contributed by atoms with Gasteiger partial charge in [-0.2, -0.15) is 0 Å². The fourth-order valence-electron chi connectivity index (χ4n) is 4.17. The second-order valence-electron chi connectivity index (χ2n) is 8.07. The number of anilines is 1. The molecule has 1 aromatic carbocycles. The minimum atomic E-state index is -3.45. The molecule has 30 heavy (non-hydrogen) atoms. The molecule has 1 atom stereocenters. The summed E-state index contributed by atoms with van der Waals surface area (Å²) in [5.74, 6) is 0.570. The summed E-state index contributed by atoms with van der Waals surface area (Å²) in [6.07, 6.45) is 9.15. The van der Waals surface area contributed by atoms with Gasteiger partial charge in [-0.05, 0) is 50.3 Å². The highest BCUT2D eigenvalue weighted by Gasteiger charge is 2.42. The number of para-hydroxylation sites is 1. The molecular weight excluding hydrogens is 400 g/mol. The van der Waals surface area contributed by atoms with Crippen LogP contribution in [0.1, 0.15) is 37.7 Å². The second kappa shape index (κ2) is 7.85. The van der Waals surface area contributed by atoms with Crippen molar-refractivity contribution in [1.82, 2.24) is 14.5 Å². The zero-order chi connectivity index (χ0) is 21.4. The number of nitrogens with zero attached hydrogens (tertiary/aromatic N) is 3. The molecule has 3 N–H and O–H groups in total. The van der Waals surface area contributed by atoms with E-state index in [2.05, 4.69) is 10.2 Å². The fourth-order valence-corrected chi connectivity index (χ4v) is 6.00. The number of rotatable bonds is 4. The van der Waals surface area contributed by atoms with Crippen molar-refractivity contribution in [2.24, 2.45) is 0 Å². The Morgan fingerprint density at radius 3 is 2.57 bits per heavy atom. The van der Waals surface area contributed by atoms with Gasteiger partial charge >= 0.3 is 0 Å². The second-order valence-corrected chi connectivity index (χ2v) is 10.5. The predicted molar refractivity (Wildman–Crippen MR) is 117 cm³/mol. The van der Waals surface area contributed by atoms with Crippen LogP contribution in [0.4, 0.5) is 5.82 Å². The standard InChI is InChI=1S/C22H26N4O3S/c1-22(11-5-2-6-12-22)30(28,29)26-13-9-16(10-14-26)18-15-19(24-25-21(18)23)17-7-3-4-8-20(17)27/h2-8,11,15-16,27H,9-10,12-14H2,1H3,(H2,23,25). The van der Waals surface area contributed by atoms with Crippen LogP contribution < -0.4 is 5.73 Å². The average molecular weight is 427 g/mol. The molecule has 1 aliphatic carbocycles. The molecule has 1 saturated heterocycles. The van der Waals surface area contributed by atoms with E-state index in [9.17, 15) is 13.5 Å². The summed E-state index contributed by atoms with van der Waals surface area (Å²) in [6, 6.07) is 8.82. The Morgan fingerprint density at radius 2 is 1.90 bits per heavy atom. The van der Waals surface area contributed by atoms with Gasteiger partial charge in [0.2, 0.25) is 10.0 Å². The van der Waals surface area contributed by atoms with Gasteiger partial charge in [0, 0.05) is 24.2 Å². The van der Waals surface area contributed by atoms with Crippen LogP contribution in [0, 0.1) is 0 Å². The molecule has 158 valence electrons. The van der Waals surface area contributed by atoms with Crippen LogP contribution in [0.2, 0.25) is 0 Å². The van der Waals surface area contributed by atoms with Gasteiger partial charge in [0.15, 0.2) is 0 Å². The molecule has 0 saturated carbocycles. The first-order chi connectivity index (χ1) is 14.3. The normalized spacial score (nSPS) is 23.0. The molecule has 0 spiro atoms. The largest absolute Gasteiger partial charge is 0.507 e.